The number of urea groups is 1. The molecule has 8 heteroatoms. The van der Waals surface area contributed by atoms with E-state index >= 15 is 0 Å². The van der Waals surface area contributed by atoms with E-state index in [-0.39, 0.29) is 12.6 Å². The number of benzene rings is 2. The molecule has 3 aromatic rings. The summed E-state index contributed by atoms with van der Waals surface area (Å²) in [5.41, 5.74) is 2.00. The number of nitrogens with zero attached hydrogens (tertiary/aromatic N) is 4. The van der Waals surface area contributed by atoms with E-state index < -0.39 is 0 Å². The normalized spacial score (nSPS) is 13.7. The first-order valence-electron chi connectivity index (χ1n) is 8.10. The van der Waals surface area contributed by atoms with Crippen molar-refractivity contribution in [1.29, 1.82) is 0 Å². The Labute approximate surface area is 170 Å². The zero-order valence-electron chi connectivity index (χ0n) is 14.3. The fourth-order valence-electron chi connectivity index (χ4n) is 2.97. The monoisotopic (exact) mass is 416 g/mol. The van der Waals surface area contributed by atoms with Gasteiger partial charge in [0.15, 0.2) is 11.0 Å². The summed E-state index contributed by atoms with van der Waals surface area (Å²) in [6, 6.07) is 14.3. The molecule has 0 unspecified atom stereocenters. The van der Waals surface area contributed by atoms with Gasteiger partial charge < -0.3 is 0 Å². The van der Waals surface area contributed by atoms with Gasteiger partial charge in [0.1, 0.15) is 0 Å². The lowest BCUT2D eigenvalue weighted by molar-refractivity contribution is 0.252. The molecule has 1 aliphatic heterocycles. The molecule has 0 fully saturated rings. The summed E-state index contributed by atoms with van der Waals surface area (Å²) in [5, 5.41) is 1.43. The van der Waals surface area contributed by atoms with Gasteiger partial charge >= 0.3 is 6.03 Å². The largest absolute Gasteiger partial charge is 0.335 e. The number of aromatic nitrogens is 2. The number of fused-ring (bicyclic) bond motifs is 1. The molecule has 5 nitrogen and oxygen atoms in total. The third-order valence-corrected chi connectivity index (χ3v) is 5.36. The van der Waals surface area contributed by atoms with E-state index in [2.05, 4.69) is 9.97 Å². The third-order valence-electron chi connectivity index (χ3n) is 4.19. The molecule has 0 aliphatic carbocycles. The van der Waals surface area contributed by atoms with Crippen LogP contribution < -0.4 is 9.80 Å². The molecule has 4 rings (SSSR count). The van der Waals surface area contributed by atoms with Gasteiger partial charge in [-0.1, -0.05) is 59.2 Å². The molecule has 0 atom stereocenters. The number of para-hydroxylation sites is 2. The van der Waals surface area contributed by atoms with Gasteiger partial charge in [-0.25, -0.2) is 19.7 Å². The number of halogens is 2. The van der Waals surface area contributed by atoms with Crippen LogP contribution in [0.3, 0.4) is 0 Å². The van der Waals surface area contributed by atoms with Gasteiger partial charge in [-0.2, -0.15) is 0 Å². The van der Waals surface area contributed by atoms with E-state index in [0.29, 0.717) is 32.4 Å². The predicted octanol–water partition coefficient (Wildman–Crippen LogP) is 5.78. The highest BCUT2D eigenvalue weighted by Crippen LogP contribution is 2.41. The molecule has 0 N–H and O–H groups in total. The SMILES string of the molecule is CSc1ncc2c(n1)N(c1ccccc1)C(=O)N(c1c(Cl)cccc1Cl)C2. The first-order valence-corrected chi connectivity index (χ1v) is 10.1. The zero-order chi connectivity index (χ0) is 19.0. The van der Waals surface area contributed by atoms with E-state index in [1.165, 1.54) is 11.8 Å². The smallest absolute Gasteiger partial charge is 0.286 e. The molecule has 2 amide bonds. The van der Waals surface area contributed by atoms with Crippen molar-refractivity contribution in [3.05, 3.63) is 70.3 Å². The summed E-state index contributed by atoms with van der Waals surface area (Å²) in [7, 11) is 0. The van der Waals surface area contributed by atoms with E-state index in [4.69, 9.17) is 23.2 Å². The van der Waals surface area contributed by atoms with Crippen molar-refractivity contribution in [2.24, 2.45) is 0 Å². The van der Waals surface area contributed by atoms with E-state index in [0.717, 1.165) is 5.56 Å². The van der Waals surface area contributed by atoms with Gasteiger partial charge in [0, 0.05) is 11.8 Å². The van der Waals surface area contributed by atoms with Crippen LogP contribution in [0.2, 0.25) is 10.0 Å². The molecule has 136 valence electrons. The molecule has 0 saturated heterocycles. The van der Waals surface area contributed by atoms with E-state index in [9.17, 15) is 4.79 Å². The van der Waals surface area contributed by atoms with Crippen molar-refractivity contribution >= 4 is 58.2 Å². The Morgan fingerprint density at radius 2 is 1.74 bits per heavy atom. The summed E-state index contributed by atoms with van der Waals surface area (Å²) in [5.74, 6) is 0.574. The summed E-state index contributed by atoms with van der Waals surface area (Å²) >= 11 is 14.2. The molecule has 1 aliphatic rings. The fourth-order valence-corrected chi connectivity index (χ4v) is 3.90. The summed E-state index contributed by atoms with van der Waals surface area (Å²) in [6.45, 7) is 0.287. The van der Waals surface area contributed by atoms with Crippen LogP contribution in [0.15, 0.2) is 59.9 Å². The van der Waals surface area contributed by atoms with Crippen molar-refractivity contribution in [3.8, 4) is 0 Å². The minimum Gasteiger partial charge on any atom is -0.286 e. The lowest BCUT2D eigenvalue weighted by Gasteiger charge is -2.36. The predicted molar refractivity (Wildman–Crippen MR) is 110 cm³/mol. The summed E-state index contributed by atoms with van der Waals surface area (Å²) < 4.78 is 0. The number of amides is 2. The molecular weight excluding hydrogens is 403 g/mol. The van der Waals surface area contributed by atoms with Gasteiger partial charge in [-0.15, -0.1) is 0 Å². The molecule has 2 aromatic carbocycles. The minimum atomic E-state index is -0.269. The van der Waals surface area contributed by atoms with Crippen LogP contribution in [0, 0.1) is 0 Å². The Kier molecular flexibility index (Phi) is 4.95. The Balaban J connectivity index is 1.90. The second-order valence-corrected chi connectivity index (χ2v) is 7.40. The van der Waals surface area contributed by atoms with Crippen LogP contribution in [0.1, 0.15) is 5.56 Å². The highest BCUT2D eigenvalue weighted by molar-refractivity contribution is 7.98. The molecule has 2 heterocycles. The fraction of sp³-hybridized carbons (Fsp3) is 0.105. The topological polar surface area (TPSA) is 49.3 Å². The molecule has 27 heavy (non-hydrogen) atoms. The van der Waals surface area contributed by atoms with E-state index in [1.54, 1.807) is 34.2 Å². The number of anilines is 3. The summed E-state index contributed by atoms with van der Waals surface area (Å²) in [4.78, 5) is 25.5. The van der Waals surface area contributed by atoms with Gasteiger partial charge in [-0.3, -0.25) is 4.90 Å². The van der Waals surface area contributed by atoms with Crippen molar-refractivity contribution < 1.29 is 4.79 Å². The van der Waals surface area contributed by atoms with Crippen LogP contribution in [0.4, 0.5) is 22.0 Å². The number of rotatable bonds is 3. The molecular formula is C19H14Cl2N4OS. The maximum atomic E-state index is 13.5. The van der Waals surface area contributed by atoms with E-state index in [1.807, 2.05) is 36.6 Å². The Hall–Kier alpha value is -2.28. The average Bonchev–Trinajstić information content (AvgIpc) is 2.68. The number of carbonyl (C=O) groups is 1. The van der Waals surface area contributed by atoms with Crippen molar-refractivity contribution in [3.63, 3.8) is 0 Å². The number of hydrogen-bond donors (Lipinski definition) is 0. The average molecular weight is 417 g/mol. The standard InChI is InChI=1S/C19H14Cl2N4OS/c1-27-18-22-10-12-11-24(16-14(20)8-5-9-15(16)21)19(26)25(17(12)23-18)13-6-3-2-4-7-13/h2-10H,11H2,1H3. The second-order valence-electron chi connectivity index (χ2n) is 5.82. The number of hydrogen-bond acceptors (Lipinski definition) is 4. The lowest BCUT2D eigenvalue weighted by atomic mass is 10.1. The van der Waals surface area contributed by atoms with Gasteiger partial charge in [-0.05, 0) is 30.5 Å². The van der Waals surface area contributed by atoms with Crippen LogP contribution in [-0.4, -0.2) is 22.3 Å². The second kappa shape index (κ2) is 7.38. The first-order chi connectivity index (χ1) is 13.1. The Morgan fingerprint density at radius 1 is 1.04 bits per heavy atom. The van der Waals surface area contributed by atoms with Crippen molar-refractivity contribution in [1.82, 2.24) is 9.97 Å². The maximum Gasteiger partial charge on any atom is 0.335 e. The zero-order valence-corrected chi connectivity index (χ0v) is 16.6. The van der Waals surface area contributed by atoms with Crippen LogP contribution in [-0.2, 0) is 6.54 Å². The highest BCUT2D eigenvalue weighted by Gasteiger charge is 2.35. The van der Waals surface area contributed by atoms with Crippen LogP contribution in [0.25, 0.3) is 0 Å². The van der Waals surface area contributed by atoms with Gasteiger partial charge in [0.25, 0.3) is 0 Å². The Bertz CT molecular complexity index is 996. The molecule has 0 saturated carbocycles. The van der Waals surface area contributed by atoms with Gasteiger partial charge in [0.05, 0.1) is 28.0 Å². The molecule has 0 radical (unpaired) electrons. The number of thioether (sulfide) groups is 1. The van der Waals surface area contributed by atoms with Crippen LogP contribution >= 0.6 is 35.0 Å². The third kappa shape index (κ3) is 3.25. The first kappa shape index (κ1) is 18.1. The molecule has 1 aromatic heterocycles. The minimum absolute atomic E-state index is 0.269. The van der Waals surface area contributed by atoms with Crippen molar-refractivity contribution in [2.45, 2.75) is 11.7 Å². The summed E-state index contributed by atoms with van der Waals surface area (Å²) in [6.07, 6.45) is 3.64. The number of carbonyl (C=O) groups excluding carboxylic acids is 1. The highest BCUT2D eigenvalue weighted by atomic mass is 35.5. The lowest BCUT2D eigenvalue weighted by Crippen LogP contribution is -2.45. The molecule has 0 bridgehead atoms. The van der Waals surface area contributed by atoms with Crippen LogP contribution in [0.5, 0.6) is 0 Å². The maximum absolute atomic E-state index is 13.5. The molecule has 0 spiro atoms. The quantitative estimate of drug-likeness (QED) is 0.400. The van der Waals surface area contributed by atoms with Crippen molar-refractivity contribution in [2.75, 3.05) is 16.1 Å². The Morgan fingerprint density at radius 3 is 2.41 bits per heavy atom. The van der Waals surface area contributed by atoms with Gasteiger partial charge in [0.2, 0.25) is 0 Å².